The Labute approximate surface area is 75.8 Å². The van der Waals surface area contributed by atoms with Gasteiger partial charge in [-0.15, -0.1) is 0 Å². The van der Waals surface area contributed by atoms with E-state index in [1.54, 1.807) is 6.08 Å². The number of hydrogen-bond acceptors (Lipinski definition) is 2. The summed E-state index contributed by atoms with van der Waals surface area (Å²) >= 11 is 0. The fourth-order valence-electron chi connectivity index (χ4n) is 2.19. The maximum Gasteiger partial charge on any atom is 0.320 e. The number of rotatable bonds is 1. The van der Waals surface area contributed by atoms with Crippen molar-refractivity contribution in [3.8, 4) is 0 Å². The SMILES string of the molecule is O=C(O)[C@@H]1CCC2C=C(F)CCN21. The van der Waals surface area contributed by atoms with Gasteiger partial charge in [0.2, 0.25) is 0 Å². The van der Waals surface area contributed by atoms with Crippen LogP contribution in [0.5, 0.6) is 0 Å². The van der Waals surface area contributed by atoms with Crippen molar-refractivity contribution in [2.75, 3.05) is 6.54 Å². The molecular weight excluding hydrogens is 173 g/mol. The van der Waals surface area contributed by atoms with Crippen molar-refractivity contribution in [3.05, 3.63) is 11.9 Å². The second-order valence-electron chi connectivity index (χ2n) is 3.60. The zero-order chi connectivity index (χ0) is 9.42. The number of hydrogen-bond donors (Lipinski definition) is 1. The van der Waals surface area contributed by atoms with E-state index in [0.29, 0.717) is 19.4 Å². The Bertz CT molecular complexity index is 264. The van der Waals surface area contributed by atoms with Crippen molar-refractivity contribution < 1.29 is 14.3 Å². The Balaban J connectivity index is 2.14. The molecule has 1 N–H and O–H groups in total. The standard InChI is InChI=1S/C9H12FNO2/c10-6-3-4-11-7(5-6)1-2-8(11)9(12)13/h5,7-8H,1-4H2,(H,12,13)/t7?,8-/m0/s1. The molecule has 2 atom stereocenters. The summed E-state index contributed by atoms with van der Waals surface area (Å²) in [7, 11) is 0. The summed E-state index contributed by atoms with van der Waals surface area (Å²) in [6, 6.07) is -0.371. The molecule has 1 fully saturated rings. The average molecular weight is 185 g/mol. The lowest BCUT2D eigenvalue weighted by molar-refractivity contribution is -0.142. The van der Waals surface area contributed by atoms with Crippen LogP contribution in [0.1, 0.15) is 19.3 Å². The van der Waals surface area contributed by atoms with Gasteiger partial charge in [0, 0.05) is 19.0 Å². The smallest absolute Gasteiger partial charge is 0.320 e. The molecule has 0 saturated carbocycles. The summed E-state index contributed by atoms with van der Waals surface area (Å²) in [6.07, 6.45) is 3.33. The van der Waals surface area contributed by atoms with Gasteiger partial charge in [0.15, 0.2) is 0 Å². The molecule has 2 rings (SSSR count). The van der Waals surface area contributed by atoms with Gasteiger partial charge < -0.3 is 5.11 Å². The minimum absolute atomic E-state index is 0.0230. The number of carboxylic acid groups (broad SMARTS) is 1. The number of nitrogens with zero attached hydrogens (tertiary/aromatic N) is 1. The van der Waals surface area contributed by atoms with Crippen molar-refractivity contribution in [1.29, 1.82) is 0 Å². The van der Waals surface area contributed by atoms with Gasteiger partial charge in [-0.25, -0.2) is 4.39 Å². The molecule has 4 heteroatoms. The van der Waals surface area contributed by atoms with E-state index in [2.05, 4.69) is 0 Å². The molecule has 0 spiro atoms. The van der Waals surface area contributed by atoms with Gasteiger partial charge in [-0.1, -0.05) is 0 Å². The van der Waals surface area contributed by atoms with Crippen LogP contribution in [-0.4, -0.2) is 34.6 Å². The van der Waals surface area contributed by atoms with Crippen LogP contribution in [0.4, 0.5) is 4.39 Å². The zero-order valence-corrected chi connectivity index (χ0v) is 7.24. The number of carboxylic acids is 1. The normalized spacial score (nSPS) is 34.1. The molecule has 0 bridgehead atoms. The molecule has 0 amide bonds. The summed E-state index contributed by atoms with van der Waals surface area (Å²) in [4.78, 5) is 12.7. The lowest BCUT2D eigenvalue weighted by atomic mass is 10.1. The quantitative estimate of drug-likeness (QED) is 0.666. The number of carbonyl (C=O) groups is 1. The first-order valence-corrected chi connectivity index (χ1v) is 4.53. The summed E-state index contributed by atoms with van der Waals surface area (Å²) in [6.45, 7) is 0.546. The monoisotopic (exact) mass is 185 g/mol. The molecule has 0 radical (unpaired) electrons. The third-order valence-electron chi connectivity index (χ3n) is 2.83. The summed E-state index contributed by atoms with van der Waals surface area (Å²) < 4.78 is 12.8. The predicted molar refractivity (Wildman–Crippen MR) is 45.0 cm³/mol. The van der Waals surface area contributed by atoms with Crippen LogP contribution in [0.2, 0.25) is 0 Å². The van der Waals surface area contributed by atoms with Crippen LogP contribution in [0.15, 0.2) is 11.9 Å². The van der Waals surface area contributed by atoms with Gasteiger partial charge in [0.25, 0.3) is 0 Å². The highest BCUT2D eigenvalue weighted by molar-refractivity contribution is 5.74. The van der Waals surface area contributed by atoms with E-state index in [0.717, 1.165) is 6.42 Å². The molecule has 2 aliphatic heterocycles. The van der Waals surface area contributed by atoms with Gasteiger partial charge in [-0.2, -0.15) is 0 Å². The molecule has 0 aromatic heterocycles. The highest BCUT2D eigenvalue weighted by Crippen LogP contribution is 2.30. The first-order chi connectivity index (χ1) is 6.18. The molecule has 2 aliphatic rings. The molecule has 3 nitrogen and oxygen atoms in total. The van der Waals surface area contributed by atoms with E-state index in [9.17, 15) is 9.18 Å². The third-order valence-corrected chi connectivity index (χ3v) is 2.83. The number of halogens is 1. The average Bonchev–Trinajstić information content (AvgIpc) is 2.46. The molecule has 0 aliphatic carbocycles. The topological polar surface area (TPSA) is 40.5 Å². The first kappa shape index (κ1) is 8.69. The second kappa shape index (κ2) is 3.10. The minimum Gasteiger partial charge on any atom is -0.480 e. The summed E-state index contributed by atoms with van der Waals surface area (Å²) in [5.41, 5.74) is 0. The van der Waals surface area contributed by atoms with E-state index in [-0.39, 0.29) is 11.9 Å². The molecule has 72 valence electrons. The highest BCUT2D eigenvalue weighted by atomic mass is 19.1. The van der Waals surface area contributed by atoms with Gasteiger partial charge in [0.05, 0.1) is 5.83 Å². The number of aliphatic carboxylic acids is 1. The van der Waals surface area contributed by atoms with Crippen LogP contribution >= 0.6 is 0 Å². The van der Waals surface area contributed by atoms with Gasteiger partial charge in [0.1, 0.15) is 6.04 Å². The number of fused-ring (bicyclic) bond motifs is 1. The molecule has 0 aromatic carbocycles. The molecule has 1 saturated heterocycles. The molecular formula is C9H12FNO2. The summed E-state index contributed by atoms with van der Waals surface area (Å²) in [5.74, 6) is -0.870. The summed E-state index contributed by atoms with van der Waals surface area (Å²) in [5, 5.41) is 8.86. The predicted octanol–water partition coefficient (Wildman–Crippen LogP) is 1.16. The van der Waals surface area contributed by atoms with Crippen LogP contribution in [0, 0.1) is 0 Å². The second-order valence-corrected chi connectivity index (χ2v) is 3.60. The fraction of sp³-hybridized carbons (Fsp3) is 0.667. The van der Waals surface area contributed by atoms with Crippen molar-refractivity contribution in [2.24, 2.45) is 0 Å². The lowest BCUT2D eigenvalue weighted by Gasteiger charge is -2.29. The van der Waals surface area contributed by atoms with E-state index in [1.165, 1.54) is 0 Å². The Kier molecular flexibility index (Phi) is 2.07. The molecule has 1 unspecified atom stereocenters. The van der Waals surface area contributed by atoms with Crippen molar-refractivity contribution >= 4 is 5.97 Å². The van der Waals surface area contributed by atoms with Crippen LogP contribution in [0.25, 0.3) is 0 Å². The van der Waals surface area contributed by atoms with E-state index >= 15 is 0 Å². The van der Waals surface area contributed by atoms with Crippen molar-refractivity contribution in [3.63, 3.8) is 0 Å². The zero-order valence-electron chi connectivity index (χ0n) is 7.24. The molecule has 2 heterocycles. The molecule has 0 aromatic rings. The fourth-order valence-corrected chi connectivity index (χ4v) is 2.19. The van der Waals surface area contributed by atoms with Gasteiger partial charge in [-0.05, 0) is 18.9 Å². The van der Waals surface area contributed by atoms with Gasteiger partial charge in [-0.3, -0.25) is 9.69 Å². The highest BCUT2D eigenvalue weighted by Gasteiger charge is 2.38. The lowest BCUT2D eigenvalue weighted by Crippen LogP contribution is -2.42. The van der Waals surface area contributed by atoms with E-state index in [4.69, 9.17) is 5.11 Å². The van der Waals surface area contributed by atoms with Crippen molar-refractivity contribution in [2.45, 2.75) is 31.3 Å². The van der Waals surface area contributed by atoms with E-state index in [1.807, 2.05) is 4.90 Å². The van der Waals surface area contributed by atoms with Crippen molar-refractivity contribution in [1.82, 2.24) is 4.90 Å². The Morgan fingerprint density at radius 2 is 2.38 bits per heavy atom. The largest absolute Gasteiger partial charge is 0.480 e. The minimum atomic E-state index is -0.779. The third kappa shape index (κ3) is 1.46. The maximum absolute atomic E-state index is 12.8. The van der Waals surface area contributed by atoms with Gasteiger partial charge >= 0.3 is 5.97 Å². The Hall–Kier alpha value is -0.900. The van der Waals surface area contributed by atoms with Crippen LogP contribution < -0.4 is 0 Å². The van der Waals surface area contributed by atoms with Crippen LogP contribution in [-0.2, 0) is 4.79 Å². The maximum atomic E-state index is 12.8. The van der Waals surface area contributed by atoms with Crippen LogP contribution in [0.3, 0.4) is 0 Å². The first-order valence-electron chi connectivity index (χ1n) is 4.53. The molecule has 13 heavy (non-hydrogen) atoms. The van der Waals surface area contributed by atoms with E-state index < -0.39 is 12.0 Å². The Morgan fingerprint density at radius 1 is 1.62 bits per heavy atom. The Morgan fingerprint density at radius 3 is 3.08 bits per heavy atom.